The number of fused-ring (bicyclic) bond motifs is 1. The summed E-state index contributed by atoms with van der Waals surface area (Å²) in [5, 5.41) is 14.7. The van der Waals surface area contributed by atoms with Crippen LogP contribution in [0.15, 0.2) is 53.1 Å². The van der Waals surface area contributed by atoms with Gasteiger partial charge in [-0.3, -0.25) is 4.90 Å². The third kappa shape index (κ3) is 4.88. The van der Waals surface area contributed by atoms with Crippen molar-refractivity contribution in [1.29, 1.82) is 5.26 Å². The van der Waals surface area contributed by atoms with Crippen LogP contribution >= 0.6 is 0 Å². The predicted octanol–water partition coefficient (Wildman–Crippen LogP) is 4.38. The first kappa shape index (κ1) is 20.1. The minimum atomic E-state index is 0.448. The fourth-order valence-electron chi connectivity index (χ4n) is 3.56. The molecule has 2 aromatic carbocycles. The molecule has 6 heteroatoms. The first-order chi connectivity index (χ1) is 14.8. The lowest BCUT2D eigenvalue weighted by molar-refractivity contribution is 0.0368. The molecule has 0 unspecified atom stereocenters. The van der Waals surface area contributed by atoms with Crippen LogP contribution in [0.4, 0.5) is 0 Å². The molecular weight excluding hydrogens is 378 g/mol. The number of unbranched alkanes of at least 4 members (excludes halogenated alkanes) is 1. The summed E-state index contributed by atoms with van der Waals surface area (Å²) in [5.74, 6) is 0.768. The fraction of sp³-hybridized carbons (Fsp3) is 0.333. The monoisotopic (exact) mass is 403 g/mol. The maximum atomic E-state index is 9.73. The lowest BCUT2D eigenvalue weighted by Gasteiger charge is -2.26. The first-order valence-electron chi connectivity index (χ1n) is 10.3. The molecule has 0 radical (unpaired) electrons. The van der Waals surface area contributed by atoms with Gasteiger partial charge in [-0.2, -0.15) is 5.26 Å². The molecule has 4 rings (SSSR count). The summed E-state index contributed by atoms with van der Waals surface area (Å²) in [6.45, 7) is 5.41. The lowest BCUT2D eigenvalue weighted by Crippen LogP contribution is -2.36. The molecule has 3 aromatic rings. The summed E-state index contributed by atoms with van der Waals surface area (Å²) in [4.78, 5) is 2.43. The Labute approximate surface area is 176 Å². The maximum Gasteiger partial charge on any atom is 0.167 e. The van der Waals surface area contributed by atoms with Crippen LogP contribution in [-0.4, -0.2) is 49.5 Å². The molecule has 6 nitrogen and oxygen atoms in total. The molecule has 2 heterocycles. The van der Waals surface area contributed by atoms with Crippen LogP contribution in [0.25, 0.3) is 22.6 Å². The smallest absolute Gasteiger partial charge is 0.167 e. The highest BCUT2D eigenvalue weighted by Gasteiger charge is 2.13. The molecular formula is C24H25N3O3. The average Bonchev–Trinajstić information content (AvgIpc) is 3.23. The van der Waals surface area contributed by atoms with Crippen LogP contribution in [0.5, 0.6) is 5.75 Å². The molecule has 1 aliphatic rings. The van der Waals surface area contributed by atoms with Crippen LogP contribution in [0.2, 0.25) is 0 Å². The molecule has 0 saturated carbocycles. The largest absolute Gasteiger partial charge is 0.493 e. The quantitative estimate of drug-likeness (QED) is 0.410. The second kappa shape index (κ2) is 10.1. The number of nitrogens with zero attached hydrogens (tertiary/aromatic N) is 3. The molecule has 0 atom stereocenters. The van der Waals surface area contributed by atoms with E-state index in [0.29, 0.717) is 23.5 Å². The Kier molecular flexibility index (Phi) is 6.75. The number of para-hydroxylation sites is 2. The van der Waals surface area contributed by atoms with Crippen molar-refractivity contribution < 1.29 is 14.0 Å². The number of allylic oxidation sites excluding steroid dienone is 1. The van der Waals surface area contributed by atoms with Gasteiger partial charge in [-0.1, -0.05) is 35.5 Å². The van der Waals surface area contributed by atoms with E-state index in [1.54, 1.807) is 0 Å². The zero-order valence-electron chi connectivity index (χ0n) is 16.9. The van der Waals surface area contributed by atoms with E-state index in [1.165, 1.54) is 0 Å². The van der Waals surface area contributed by atoms with Gasteiger partial charge in [-0.05, 0) is 43.7 Å². The van der Waals surface area contributed by atoms with E-state index in [9.17, 15) is 5.26 Å². The Hall–Kier alpha value is -3.14. The van der Waals surface area contributed by atoms with Gasteiger partial charge in [0.1, 0.15) is 17.5 Å². The highest BCUT2D eigenvalue weighted by molar-refractivity contribution is 5.99. The minimum Gasteiger partial charge on any atom is -0.493 e. The summed E-state index contributed by atoms with van der Waals surface area (Å²) < 4.78 is 16.8. The average molecular weight is 403 g/mol. The van der Waals surface area contributed by atoms with Gasteiger partial charge < -0.3 is 14.0 Å². The number of rotatable bonds is 8. The van der Waals surface area contributed by atoms with Crippen molar-refractivity contribution in [2.24, 2.45) is 0 Å². The van der Waals surface area contributed by atoms with Crippen molar-refractivity contribution in [2.45, 2.75) is 12.8 Å². The topological polar surface area (TPSA) is 71.5 Å². The van der Waals surface area contributed by atoms with Gasteiger partial charge in [0.05, 0.1) is 30.8 Å². The number of benzene rings is 2. The normalized spacial score (nSPS) is 15.2. The van der Waals surface area contributed by atoms with Crippen LogP contribution in [0.1, 0.15) is 24.1 Å². The third-order valence-electron chi connectivity index (χ3n) is 5.20. The Morgan fingerprint density at radius 1 is 1.10 bits per heavy atom. The molecule has 0 amide bonds. The molecule has 1 aliphatic heterocycles. The maximum absolute atomic E-state index is 9.73. The molecule has 1 aromatic heterocycles. The second-order valence-electron chi connectivity index (χ2n) is 7.24. The molecule has 0 bridgehead atoms. The summed E-state index contributed by atoms with van der Waals surface area (Å²) in [7, 11) is 0. The predicted molar refractivity (Wildman–Crippen MR) is 116 cm³/mol. The summed E-state index contributed by atoms with van der Waals surface area (Å²) in [6, 6.07) is 17.6. The Balaban J connectivity index is 1.41. The minimum absolute atomic E-state index is 0.448. The zero-order chi connectivity index (χ0) is 20.6. The number of hydrogen-bond donors (Lipinski definition) is 0. The lowest BCUT2D eigenvalue weighted by atomic mass is 10.1. The zero-order valence-corrected chi connectivity index (χ0v) is 16.9. The standard InChI is InChI=1S/C24H25N3O3/c25-18-20(24-21-8-2-4-10-23(21)30-26-24)17-19-7-1-3-9-22(19)29-14-6-5-11-27-12-15-28-16-13-27/h1-4,7-10,17H,5-6,11-16H2/b20-17+. The van der Waals surface area contributed by atoms with Gasteiger partial charge in [-0.25, -0.2) is 0 Å². The van der Waals surface area contributed by atoms with Gasteiger partial charge in [-0.15, -0.1) is 0 Å². The van der Waals surface area contributed by atoms with E-state index in [1.807, 2.05) is 54.6 Å². The second-order valence-corrected chi connectivity index (χ2v) is 7.24. The Bertz CT molecular complexity index is 1050. The molecule has 1 fully saturated rings. The van der Waals surface area contributed by atoms with Gasteiger partial charge in [0.2, 0.25) is 0 Å². The number of hydrogen-bond acceptors (Lipinski definition) is 6. The van der Waals surface area contributed by atoms with Crippen LogP contribution in [-0.2, 0) is 4.74 Å². The van der Waals surface area contributed by atoms with E-state index in [0.717, 1.165) is 62.4 Å². The molecule has 0 N–H and O–H groups in total. The summed E-state index contributed by atoms with van der Waals surface area (Å²) >= 11 is 0. The molecule has 0 aliphatic carbocycles. The van der Waals surface area contributed by atoms with Gasteiger partial charge >= 0.3 is 0 Å². The van der Waals surface area contributed by atoms with Gasteiger partial charge in [0.15, 0.2) is 5.58 Å². The van der Waals surface area contributed by atoms with E-state index in [4.69, 9.17) is 14.0 Å². The van der Waals surface area contributed by atoms with Crippen molar-refractivity contribution in [3.05, 3.63) is 59.8 Å². The van der Waals surface area contributed by atoms with Crippen LogP contribution < -0.4 is 4.74 Å². The summed E-state index contributed by atoms with van der Waals surface area (Å²) in [6.07, 6.45) is 3.88. The van der Waals surface area contributed by atoms with Gasteiger partial charge in [0.25, 0.3) is 0 Å². The number of nitriles is 1. The van der Waals surface area contributed by atoms with E-state index in [2.05, 4.69) is 16.1 Å². The molecule has 154 valence electrons. The Morgan fingerprint density at radius 3 is 2.77 bits per heavy atom. The number of morpholine rings is 1. The number of aromatic nitrogens is 1. The van der Waals surface area contributed by atoms with Crippen molar-refractivity contribution >= 4 is 22.6 Å². The SMILES string of the molecule is N#C/C(=C\c1ccccc1OCCCCN1CCOCC1)c1noc2ccccc12. The summed E-state index contributed by atoms with van der Waals surface area (Å²) in [5.41, 5.74) is 2.52. The van der Waals surface area contributed by atoms with Crippen molar-refractivity contribution in [2.75, 3.05) is 39.5 Å². The first-order valence-corrected chi connectivity index (χ1v) is 10.3. The van der Waals surface area contributed by atoms with E-state index in [-0.39, 0.29) is 0 Å². The number of ether oxygens (including phenoxy) is 2. The molecule has 30 heavy (non-hydrogen) atoms. The molecule has 0 spiro atoms. The van der Waals surface area contributed by atoms with E-state index >= 15 is 0 Å². The highest BCUT2D eigenvalue weighted by atomic mass is 16.5. The third-order valence-corrected chi connectivity index (χ3v) is 5.20. The highest BCUT2D eigenvalue weighted by Crippen LogP contribution is 2.28. The van der Waals surface area contributed by atoms with E-state index < -0.39 is 0 Å². The van der Waals surface area contributed by atoms with Crippen LogP contribution in [0, 0.1) is 11.3 Å². The fourth-order valence-corrected chi connectivity index (χ4v) is 3.56. The van der Waals surface area contributed by atoms with Crippen LogP contribution in [0.3, 0.4) is 0 Å². The van der Waals surface area contributed by atoms with Gasteiger partial charge in [0, 0.05) is 18.7 Å². The Morgan fingerprint density at radius 2 is 1.90 bits per heavy atom. The van der Waals surface area contributed by atoms with Crippen molar-refractivity contribution in [3.63, 3.8) is 0 Å². The molecule has 1 saturated heterocycles. The van der Waals surface area contributed by atoms with Crippen molar-refractivity contribution in [1.82, 2.24) is 10.1 Å². The van der Waals surface area contributed by atoms with Crippen molar-refractivity contribution in [3.8, 4) is 11.8 Å².